The minimum atomic E-state index is 0. The average Bonchev–Trinajstić information content (AvgIpc) is 2.16. The molecule has 0 aliphatic carbocycles. The van der Waals surface area contributed by atoms with E-state index < -0.39 is 0 Å². The standard InChI is InChI=1S/C5H7.3CH2O.Cr/c1-3-5-4-2;3*1-2;/h1,3-5H,2H3;3*1H2;/q-1;;;;. The predicted octanol–water partition coefficient (Wildman–Crippen LogP) is 0.994. The molecule has 0 N–H and O–H groups in total. The van der Waals surface area contributed by atoms with E-state index in [2.05, 4.69) is 0 Å². The number of carbonyl (C=O) groups excluding carboxylic acids is 3. The van der Waals surface area contributed by atoms with Crippen LogP contribution in [0, 0.1) is 6.58 Å². The molecule has 0 fully saturated rings. The average molecular weight is 209 g/mol. The van der Waals surface area contributed by atoms with Crippen molar-refractivity contribution in [3.63, 3.8) is 0 Å². The van der Waals surface area contributed by atoms with E-state index >= 15 is 0 Å². The maximum atomic E-state index is 8.00. The fourth-order valence-corrected chi connectivity index (χ4v) is 0.111. The second-order valence-corrected chi connectivity index (χ2v) is 0.718. The van der Waals surface area contributed by atoms with Crippen molar-refractivity contribution in [3.8, 4) is 0 Å². The van der Waals surface area contributed by atoms with Crippen molar-refractivity contribution in [1.82, 2.24) is 0 Å². The van der Waals surface area contributed by atoms with Crippen LogP contribution in [0.15, 0.2) is 18.2 Å². The van der Waals surface area contributed by atoms with E-state index in [0.717, 1.165) is 0 Å². The first-order chi connectivity index (χ1) is 5.41. The van der Waals surface area contributed by atoms with Crippen molar-refractivity contribution >= 4 is 20.4 Å². The van der Waals surface area contributed by atoms with Crippen LogP contribution in [-0.4, -0.2) is 20.4 Å². The second-order valence-electron chi connectivity index (χ2n) is 0.718. The molecule has 0 saturated heterocycles. The number of allylic oxidation sites excluding steroid dienone is 3. The van der Waals surface area contributed by atoms with Crippen molar-refractivity contribution in [1.29, 1.82) is 0 Å². The third-order valence-corrected chi connectivity index (χ3v) is 0.304. The molecule has 0 rings (SSSR count). The van der Waals surface area contributed by atoms with Crippen LogP contribution in [0.4, 0.5) is 0 Å². The van der Waals surface area contributed by atoms with Crippen LogP contribution >= 0.6 is 0 Å². The molecule has 0 unspecified atom stereocenters. The Morgan fingerprint density at radius 1 is 1.00 bits per heavy atom. The molecule has 0 aromatic rings. The Kier molecular flexibility index (Phi) is 507. The number of hydrogen-bond acceptors (Lipinski definition) is 3. The molecular formula is C8H13CrO3-. The topological polar surface area (TPSA) is 51.2 Å². The van der Waals surface area contributed by atoms with Crippen LogP contribution in [0.2, 0.25) is 0 Å². The summed E-state index contributed by atoms with van der Waals surface area (Å²) in [7, 11) is 0. The van der Waals surface area contributed by atoms with Crippen molar-refractivity contribution < 1.29 is 31.7 Å². The summed E-state index contributed by atoms with van der Waals surface area (Å²) in [5.41, 5.74) is 0. The molecule has 3 nitrogen and oxygen atoms in total. The Morgan fingerprint density at radius 3 is 1.25 bits per heavy atom. The van der Waals surface area contributed by atoms with E-state index in [4.69, 9.17) is 21.0 Å². The van der Waals surface area contributed by atoms with Crippen molar-refractivity contribution in [2.24, 2.45) is 0 Å². The van der Waals surface area contributed by atoms with Gasteiger partial charge in [0, 0.05) is 17.4 Å². The zero-order valence-corrected chi connectivity index (χ0v) is 8.34. The normalized spacial score (nSPS) is 4.75. The fourth-order valence-electron chi connectivity index (χ4n) is 0.111. The zero-order valence-electron chi connectivity index (χ0n) is 7.06. The van der Waals surface area contributed by atoms with Crippen LogP contribution in [0.1, 0.15) is 6.92 Å². The van der Waals surface area contributed by atoms with Crippen LogP contribution in [0.5, 0.6) is 0 Å². The Bertz CT molecular complexity index is 79.6. The van der Waals surface area contributed by atoms with E-state index in [9.17, 15) is 0 Å². The maximum Gasteiger partial charge on any atom is 0.106 e. The number of hydrogen-bond donors (Lipinski definition) is 0. The Balaban J connectivity index is -0.0000000203. The minimum absolute atomic E-state index is 0. The summed E-state index contributed by atoms with van der Waals surface area (Å²) in [6.45, 7) is 12.8. The largest absolute Gasteiger partial charge is 0.307 e. The van der Waals surface area contributed by atoms with Gasteiger partial charge >= 0.3 is 0 Å². The molecule has 0 spiro atoms. The van der Waals surface area contributed by atoms with Gasteiger partial charge in [0.05, 0.1) is 0 Å². The van der Waals surface area contributed by atoms with Gasteiger partial charge in [-0.2, -0.15) is 6.08 Å². The molecule has 0 bridgehead atoms. The molecule has 4 heteroatoms. The monoisotopic (exact) mass is 209 g/mol. The van der Waals surface area contributed by atoms with Crippen LogP contribution in [-0.2, 0) is 31.7 Å². The van der Waals surface area contributed by atoms with Gasteiger partial charge in [0.2, 0.25) is 0 Å². The maximum absolute atomic E-state index is 8.00. The summed E-state index contributed by atoms with van der Waals surface area (Å²) < 4.78 is 0. The molecule has 70 valence electrons. The first kappa shape index (κ1) is 30.5. The van der Waals surface area contributed by atoms with Crippen molar-refractivity contribution in [2.75, 3.05) is 0 Å². The van der Waals surface area contributed by atoms with E-state index in [1.165, 1.54) is 6.08 Å². The molecular weight excluding hydrogens is 196 g/mol. The molecule has 0 aromatic carbocycles. The Labute approximate surface area is 84.3 Å². The van der Waals surface area contributed by atoms with E-state index in [1.807, 2.05) is 33.4 Å². The van der Waals surface area contributed by atoms with Gasteiger partial charge in [-0.3, -0.25) is 6.58 Å². The van der Waals surface area contributed by atoms with Gasteiger partial charge in [-0.1, -0.05) is 6.92 Å². The molecule has 12 heavy (non-hydrogen) atoms. The van der Waals surface area contributed by atoms with Crippen LogP contribution in [0.3, 0.4) is 0 Å². The molecule has 0 saturated carbocycles. The van der Waals surface area contributed by atoms with Gasteiger partial charge in [-0.05, 0) is 0 Å². The van der Waals surface area contributed by atoms with Gasteiger partial charge in [-0.25, -0.2) is 12.2 Å². The van der Waals surface area contributed by atoms with Gasteiger partial charge in [0.1, 0.15) is 20.4 Å². The van der Waals surface area contributed by atoms with Crippen LogP contribution < -0.4 is 0 Å². The molecule has 0 amide bonds. The summed E-state index contributed by atoms with van der Waals surface area (Å²) in [6, 6.07) is 0. The molecule has 0 heterocycles. The molecule has 0 aromatic heterocycles. The summed E-state index contributed by atoms with van der Waals surface area (Å²) >= 11 is 0. The van der Waals surface area contributed by atoms with E-state index in [0.29, 0.717) is 0 Å². The molecule has 0 aliphatic rings. The quantitative estimate of drug-likeness (QED) is 0.478. The Morgan fingerprint density at radius 2 is 1.25 bits per heavy atom. The summed E-state index contributed by atoms with van der Waals surface area (Å²) in [6.07, 6.45) is 5.15. The van der Waals surface area contributed by atoms with Crippen LogP contribution in [0.25, 0.3) is 0 Å². The van der Waals surface area contributed by atoms with Gasteiger partial charge in [-0.15, -0.1) is 0 Å². The molecule has 0 aliphatic heterocycles. The van der Waals surface area contributed by atoms with E-state index in [-0.39, 0.29) is 17.4 Å². The summed E-state index contributed by atoms with van der Waals surface area (Å²) in [5.74, 6) is 0. The van der Waals surface area contributed by atoms with E-state index in [1.54, 1.807) is 6.08 Å². The third kappa shape index (κ3) is 555. The van der Waals surface area contributed by atoms with Gasteiger partial charge in [0.25, 0.3) is 0 Å². The first-order valence-corrected chi connectivity index (χ1v) is 2.44. The number of carbonyl (C=O) groups is 3. The minimum Gasteiger partial charge on any atom is -0.307 e. The summed E-state index contributed by atoms with van der Waals surface area (Å²) in [5, 5.41) is 0. The van der Waals surface area contributed by atoms with Gasteiger partial charge < -0.3 is 14.4 Å². The fraction of sp³-hybridized carbons (Fsp3) is 0.125. The SMILES string of the molecule is C=O.C=O.C=O.[CH-]=CC=CC.[Cr]. The predicted molar refractivity (Wildman–Crippen MR) is 45.0 cm³/mol. The van der Waals surface area contributed by atoms with Crippen molar-refractivity contribution in [2.45, 2.75) is 6.92 Å². The van der Waals surface area contributed by atoms with Gasteiger partial charge in [0.15, 0.2) is 0 Å². The Hall–Kier alpha value is -0.978. The molecule has 0 atom stereocenters. The third-order valence-electron chi connectivity index (χ3n) is 0.304. The molecule has 0 radical (unpaired) electrons. The second kappa shape index (κ2) is 199. The first-order valence-electron chi connectivity index (χ1n) is 2.44. The smallest absolute Gasteiger partial charge is 0.106 e. The number of rotatable bonds is 1. The van der Waals surface area contributed by atoms with Crippen molar-refractivity contribution in [3.05, 3.63) is 24.8 Å². The zero-order chi connectivity index (χ0) is 10.1. The summed E-state index contributed by atoms with van der Waals surface area (Å²) in [4.78, 5) is 24.0.